The maximum Gasteiger partial charge on any atom is 0.220 e. The molecule has 100 valence electrons. The Morgan fingerprint density at radius 2 is 1.94 bits per heavy atom. The van der Waals surface area contributed by atoms with Gasteiger partial charge in [-0.15, -0.1) is 12.4 Å². The highest BCUT2D eigenvalue weighted by Gasteiger charge is 2.24. The standard InChI is InChI=1S/C13H24N2O.ClH/c1-10(11-5-7-14-8-6-11)9-13(16)15-12-3-2-4-12;/h10-12,14H,2-9H2,1H3,(H,15,16);1H. The number of piperidine rings is 1. The highest BCUT2D eigenvalue weighted by Crippen LogP contribution is 2.25. The summed E-state index contributed by atoms with van der Waals surface area (Å²) in [4.78, 5) is 11.8. The summed E-state index contributed by atoms with van der Waals surface area (Å²) in [6, 6.07) is 0.493. The predicted molar refractivity (Wildman–Crippen MR) is 72.4 cm³/mol. The van der Waals surface area contributed by atoms with Crippen LogP contribution in [0.25, 0.3) is 0 Å². The fraction of sp³-hybridized carbons (Fsp3) is 0.923. The minimum Gasteiger partial charge on any atom is -0.353 e. The first-order valence-electron chi connectivity index (χ1n) is 6.76. The molecule has 1 amide bonds. The number of halogens is 1. The van der Waals surface area contributed by atoms with Crippen molar-refractivity contribution in [3.8, 4) is 0 Å². The summed E-state index contributed by atoms with van der Waals surface area (Å²) in [5.41, 5.74) is 0. The zero-order chi connectivity index (χ0) is 11.4. The first-order chi connectivity index (χ1) is 7.75. The largest absolute Gasteiger partial charge is 0.353 e. The van der Waals surface area contributed by atoms with Gasteiger partial charge < -0.3 is 10.6 Å². The Balaban J connectivity index is 0.00000144. The third-order valence-electron chi connectivity index (χ3n) is 4.17. The first kappa shape index (κ1) is 14.8. The molecule has 1 saturated carbocycles. The molecule has 0 bridgehead atoms. The van der Waals surface area contributed by atoms with Crippen LogP contribution in [0, 0.1) is 11.8 Å². The minimum absolute atomic E-state index is 0. The third-order valence-corrected chi connectivity index (χ3v) is 4.17. The van der Waals surface area contributed by atoms with E-state index in [9.17, 15) is 4.79 Å². The van der Waals surface area contributed by atoms with Gasteiger partial charge in [-0.2, -0.15) is 0 Å². The Morgan fingerprint density at radius 1 is 1.29 bits per heavy atom. The van der Waals surface area contributed by atoms with Crippen molar-refractivity contribution < 1.29 is 4.79 Å². The molecule has 1 heterocycles. The van der Waals surface area contributed by atoms with Crippen LogP contribution in [-0.4, -0.2) is 25.0 Å². The molecule has 1 aliphatic heterocycles. The molecule has 1 aliphatic carbocycles. The molecular weight excluding hydrogens is 236 g/mol. The van der Waals surface area contributed by atoms with Crippen LogP contribution in [0.1, 0.15) is 45.4 Å². The Labute approximate surface area is 111 Å². The topological polar surface area (TPSA) is 41.1 Å². The molecule has 0 aromatic rings. The molecule has 2 rings (SSSR count). The molecule has 0 spiro atoms. The van der Waals surface area contributed by atoms with Crippen molar-refractivity contribution in [2.75, 3.05) is 13.1 Å². The van der Waals surface area contributed by atoms with Gasteiger partial charge in [-0.25, -0.2) is 0 Å². The van der Waals surface area contributed by atoms with E-state index in [1.165, 1.54) is 32.1 Å². The molecule has 0 aromatic heterocycles. The van der Waals surface area contributed by atoms with Gasteiger partial charge in [0, 0.05) is 12.5 Å². The number of nitrogens with one attached hydrogen (secondary N) is 2. The zero-order valence-electron chi connectivity index (χ0n) is 10.7. The minimum atomic E-state index is 0. The Hall–Kier alpha value is -0.280. The smallest absolute Gasteiger partial charge is 0.220 e. The summed E-state index contributed by atoms with van der Waals surface area (Å²) in [5, 5.41) is 6.50. The van der Waals surface area contributed by atoms with Gasteiger partial charge in [0.25, 0.3) is 0 Å². The second-order valence-electron chi connectivity index (χ2n) is 5.46. The zero-order valence-corrected chi connectivity index (χ0v) is 11.5. The quantitative estimate of drug-likeness (QED) is 0.813. The maximum atomic E-state index is 11.8. The van der Waals surface area contributed by atoms with Crippen molar-refractivity contribution in [3.05, 3.63) is 0 Å². The first-order valence-corrected chi connectivity index (χ1v) is 6.76. The summed E-state index contributed by atoms with van der Waals surface area (Å²) in [5.74, 6) is 1.56. The molecular formula is C13H25ClN2O. The molecule has 0 radical (unpaired) electrons. The lowest BCUT2D eigenvalue weighted by Crippen LogP contribution is -2.41. The number of hydrogen-bond donors (Lipinski definition) is 2. The highest BCUT2D eigenvalue weighted by atomic mass is 35.5. The fourth-order valence-corrected chi connectivity index (χ4v) is 2.71. The predicted octanol–water partition coefficient (Wildman–Crippen LogP) is 2.10. The normalized spacial score (nSPS) is 23.4. The fourth-order valence-electron chi connectivity index (χ4n) is 2.71. The maximum absolute atomic E-state index is 11.8. The number of rotatable bonds is 4. The van der Waals surface area contributed by atoms with Crippen LogP contribution in [0.4, 0.5) is 0 Å². The van der Waals surface area contributed by atoms with Crippen molar-refractivity contribution in [2.45, 2.75) is 51.5 Å². The summed E-state index contributed by atoms with van der Waals surface area (Å²) >= 11 is 0. The van der Waals surface area contributed by atoms with E-state index in [4.69, 9.17) is 0 Å². The molecule has 2 N–H and O–H groups in total. The lowest BCUT2D eigenvalue weighted by Gasteiger charge is -2.30. The van der Waals surface area contributed by atoms with E-state index < -0.39 is 0 Å². The summed E-state index contributed by atoms with van der Waals surface area (Å²) in [7, 11) is 0. The van der Waals surface area contributed by atoms with Crippen molar-refractivity contribution in [2.24, 2.45) is 11.8 Å². The van der Waals surface area contributed by atoms with E-state index in [1.807, 2.05) is 0 Å². The van der Waals surface area contributed by atoms with Crippen LogP contribution in [-0.2, 0) is 4.79 Å². The lowest BCUT2D eigenvalue weighted by molar-refractivity contribution is -0.123. The van der Waals surface area contributed by atoms with Gasteiger partial charge in [-0.05, 0) is 57.0 Å². The number of carbonyl (C=O) groups is 1. The van der Waals surface area contributed by atoms with Crippen molar-refractivity contribution >= 4 is 18.3 Å². The molecule has 17 heavy (non-hydrogen) atoms. The van der Waals surface area contributed by atoms with Gasteiger partial charge in [0.1, 0.15) is 0 Å². The third kappa shape index (κ3) is 4.47. The van der Waals surface area contributed by atoms with Gasteiger partial charge in [0.2, 0.25) is 5.91 Å². The average molecular weight is 261 g/mol. The van der Waals surface area contributed by atoms with Gasteiger partial charge in [0.15, 0.2) is 0 Å². The van der Waals surface area contributed by atoms with Gasteiger partial charge in [-0.1, -0.05) is 6.92 Å². The van der Waals surface area contributed by atoms with E-state index in [2.05, 4.69) is 17.6 Å². The number of carbonyl (C=O) groups excluding carboxylic acids is 1. The van der Waals surface area contributed by atoms with Crippen LogP contribution in [0.2, 0.25) is 0 Å². The van der Waals surface area contributed by atoms with Gasteiger partial charge in [0.05, 0.1) is 0 Å². The van der Waals surface area contributed by atoms with Crippen LogP contribution in [0.15, 0.2) is 0 Å². The number of hydrogen-bond acceptors (Lipinski definition) is 2. The van der Waals surface area contributed by atoms with Crippen molar-refractivity contribution in [1.29, 1.82) is 0 Å². The average Bonchev–Trinajstić information content (AvgIpc) is 2.25. The molecule has 1 unspecified atom stereocenters. The molecule has 1 saturated heterocycles. The summed E-state index contributed by atoms with van der Waals surface area (Å²) in [6.45, 7) is 4.48. The van der Waals surface area contributed by atoms with E-state index >= 15 is 0 Å². The summed E-state index contributed by atoms with van der Waals surface area (Å²) < 4.78 is 0. The molecule has 3 nitrogen and oxygen atoms in total. The second kappa shape index (κ2) is 7.22. The van der Waals surface area contributed by atoms with Crippen LogP contribution >= 0.6 is 12.4 Å². The van der Waals surface area contributed by atoms with Crippen molar-refractivity contribution in [3.63, 3.8) is 0 Å². The molecule has 2 fully saturated rings. The second-order valence-corrected chi connectivity index (χ2v) is 5.46. The van der Waals surface area contributed by atoms with Crippen LogP contribution in [0.3, 0.4) is 0 Å². The van der Waals surface area contributed by atoms with E-state index in [0.717, 1.165) is 25.4 Å². The Bertz CT molecular complexity index is 238. The Morgan fingerprint density at radius 3 is 2.47 bits per heavy atom. The molecule has 0 aromatic carbocycles. The van der Waals surface area contributed by atoms with E-state index in [-0.39, 0.29) is 18.3 Å². The Kier molecular flexibility index (Phi) is 6.28. The van der Waals surface area contributed by atoms with E-state index in [0.29, 0.717) is 12.0 Å². The molecule has 4 heteroatoms. The lowest BCUT2D eigenvalue weighted by atomic mass is 9.83. The SMILES string of the molecule is CC(CC(=O)NC1CCC1)C1CCNCC1.Cl. The van der Waals surface area contributed by atoms with Crippen LogP contribution < -0.4 is 10.6 Å². The highest BCUT2D eigenvalue weighted by molar-refractivity contribution is 5.85. The van der Waals surface area contributed by atoms with Gasteiger partial charge in [-0.3, -0.25) is 4.79 Å². The van der Waals surface area contributed by atoms with E-state index in [1.54, 1.807) is 0 Å². The monoisotopic (exact) mass is 260 g/mol. The van der Waals surface area contributed by atoms with Gasteiger partial charge >= 0.3 is 0 Å². The molecule has 1 atom stereocenters. The summed E-state index contributed by atoms with van der Waals surface area (Å²) in [6.07, 6.45) is 6.85. The van der Waals surface area contributed by atoms with Crippen molar-refractivity contribution in [1.82, 2.24) is 10.6 Å². The molecule has 2 aliphatic rings. The number of amides is 1. The van der Waals surface area contributed by atoms with Crippen LogP contribution in [0.5, 0.6) is 0 Å².